The number of carbonyl (C=O) groups excluding carboxylic acids is 1. The number of nitrogens with one attached hydrogen (secondary N) is 2. The van der Waals surface area contributed by atoms with E-state index in [2.05, 4.69) is 10.3 Å². The van der Waals surface area contributed by atoms with Gasteiger partial charge >= 0.3 is 11.9 Å². The number of nitrogens with zero attached hydrogens (tertiary/aromatic N) is 1. The van der Waals surface area contributed by atoms with Crippen molar-refractivity contribution in [2.45, 2.75) is 18.7 Å². The molecule has 0 aliphatic heterocycles. The summed E-state index contributed by atoms with van der Waals surface area (Å²) < 4.78 is 50.1. The molecule has 3 rings (SSSR count). The van der Waals surface area contributed by atoms with Crippen molar-refractivity contribution < 1.29 is 27.4 Å². The van der Waals surface area contributed by atoms with Gasteiger partial charge < -0.3 is 19.8 Å². The summed E-state index contributed by atoms with van der Waals surface area (Å²) in [4.78, 5) is 39.9. The summed E-state index contributed by atoms with van der Waals surface area (Å²) in [6.07, 6.45) is -3.71. The normalized spacial score (nSPS) is 12.3. The Bertz CT molecular complexity index is 1270. The molecule has 1 aromatic heterocycles. The van der Waals surface area contributed by atoms with E-state index in [1.165, 1.54) is 13.2 Å². The number of hydrogen-bond acceptors (Lipinski definition) is 5. The van der Waals surface area contributed by atoms with E-state index in [1.54, 1.807) is 19.2 Å². The predicted octanol–water partition coefficient (Wildman–Crippen LogP) is 2.54. The maximum atomic E-state index is 13.0. The second-order valence-corrected chi connectivity index (χ2v) is 7.32. The lowest BCUT2D eigenvalue weighted by atomic mass is 10.1. The third-order valence-electron chi connectivity index (χ3n) is 5.10. The van der Waals surface area contributed by atoms with Crippen LogP contribution in [0.5, 0.6) is 5.75 Å². The average molecular weight is 477 g/mol. The van der Waals surface area contributed by atoms with Crippen molar-refractivity contribution in [1.29, 1.82) is 0 Å². The van der Waals surface area contributed by atoms with Crippen LogP contribution in [0.2, 0.25) is 0 Å². The van der Waals surface area contributed by atoms with E-state index in [9.17, 15) is 27.6 Å². The van der Waals surface area contributed by atoms with Gasteiger partial charge in [-0.2, -0.15) is 13.2 Å². The number of amides is 1. The molecule has 8 nitrogen and oxygen atoms in total. The maximum Gasteiger partial charge on any atom is 0.416 e. The molecule has 1 heterocycles. The first-order chi connectivity index (χ1) is 16.1. The summed E-state index contributed by atoms with van der Waals surface area (Å²) in [5.41, 5.74) is -2.88. The predicted molar refractivity (Wildman–Crippen MR) is 117 cm³/mol. The molecule has 0 fully saturated rings. The second kappa shape index (κ2) is 10.4. The smallest absolute Gasteiger partial charge is 0.416 e. The first kappa shape index (κ1) is 24.8. The SMILES string of the molecule is COc1ccc(CC(CNC(=O)c2c[nH]c(=O)n(-c3cccc(C(F)(F)F)c3)c2=O)OC)cc1. The minimum atomic E-state index is -4.67. The Labute approximate surface area is 192 Å². The quantitative estimate of drug-likeness (QED) is 0.519. The van der Waals surface area contributed by atoms with Gasteiger partial charge in [-0.3, -0.25) is 9.59 Å². The molecule has 0 aliphatic carbocycles. The molecule has 11 heteroatoms. The van der Waals surface area contributed by atoms with Crippen molar-refractivity contribution in [3.05, 3.63) is 92.3 Å². The van der Waals surface area contributed by atoms with Crippen LogP contribution >= 0.6 is 0 Å². The van der Waals surface area contributed by atoms with Crippen molar-refractivity contribution in [3.8, 4) is 11.4 Å². The van der Waals surface area contributed by atoms with Gasteiger partial charge in [0.2, 0.25) is 0 Å². The van der Waals surface area contributed by atoms with Crippen LogP contribution in [0.4, 0.5) is 13.2 Å². The van der Waals surface area contributed by atoms with Crippen molar-refractivity contribution >= 4 is 5.91 Å². The number of aromatic amines is 1. The molecule has 1 atom stereocenters. The van der Waals surface area contributed by atoms with Crippen LogP contribution in [-0.2, 0) is 17.3 Å². The van der Waals surface area contributed by atoms with Gasteiger partial charge in [0.05, 0.1) is 24.5 Å². The molecule has 3 aromatic rings. The van der Waals surface area contributed by atoms with Gasteiger partial charge in [0.25, 0.3) is 11.5 Å². The molecule has 0 bridgehead atoms. The van der Waals surface area contributed by atoms with Gasteiger partial charge in [-0.15, -0.1) is 0 Å². The Balaban J connectivity index is 1.79. The van der Waals surface area contributed by atoms with Crippen LogP contribution in [0.15, 0.2) is 64.3 Å². The average Bonchev–Trinajstić information content (AvgIpc) is 2.81. The van der Waals surface area contributed by atoms with Crippen molar-refractivity contribution in [3.63, 3.8) is 0 Å². The van der Waals surface area contributed by atoms with E-state index < -0.39 is 40.6 Å². The van der Waals surface area contributed by atoms with Gasteiger partial charge in [0.15, 0.2) is 0 Å². The van der Waals surface area contributed by atoms with E-state index in [1.807, 2.05) is 12.1 Å². The monoisotopic (exact) mass is 477 g/mol. The molecule has 0 saturated carbocycles. The molecule has 34 heavy (non-hydrogen) atoms. The number of hydrogen-bond donors (Lipinski definition) is 2. The van der Waals surface area contributed by atoms with E-state index in [0.29, 0.717) is 22.8 Å². The molecular weight excluding hydrogens is 455 g/mol. The van der Waals surface area contributed by atoms with Gasteiger partial charge in [-0.1, -0.05) is 18.2 Å². The van der Waals surface area contributed by atoms with E-state index in [4.69, 9.17) is 9.47 Å². The number of ether oxygens (including phenoxy) is 2. The Morgan fingerprint density at radius 1 is 1.12 bits per heavy atom. The number of carbonyl (C=O) groups is 1. The molecule has 180 valence electrons. The van der Waals surface area contributed by atoms with Crippen LogP contribution in [-0.4, -0.2) is 42.3 Å². The number of alkyl halides is 3. The van der Waals surface area contributed by atoms with E-state index in [-0.39, 0.29) is 12.2 Å². The largest absolute Gasteiger partial charge is 0.497 e. The molecule has 2 aromatic carbocycles. The first-order valence-electron chi connectivity index (χ1n) is 10.1. The lowest BCUT2D eigenvalue weighted by Crippen LogP contribution is -2.41. The highest BCUT2D eigenvalue weighted by molar-refractivity contribution is 5.93. The van der Waals surface area contributed by atoms with Crippen LogP contribution in [0, 0.1) is 0 Å². The van der Waals surface area contributed by atoms with E-state index >= 15 is 0 Å². The van der Waals surface area contributed by atoms with Gasteiger partial charge in [0, 0.05) is 26.3 Å². The van der Waals surface area contributed by atoms with Crippen LogP contribution in [0.3, 0.4) is 0 Å². The number of methoxy groups -OCH3 is 2. The molecule has 0 saturated heterocycles. The summed E-state index contributed by atoms with van der Waals surface area (Å²) in [5, 5.41) is 2.56. The first-order valence-corrected chi connectivity index (χ1v) is 10.1. The lowest BCUT2D eigenvalue weighted by molar-refractivity contribution is -0.137. The van der Waals surface area contributed by atoms with Crippen LogP contribution in [0.25, 0.3) is 5.69 Å². The number of H-pyrrole nitrogens is 1. The highest BCUT2D eigenvalue weighted by Crippen LogP contribution is 2.29. The van der Waals surface area contributed by atoms with Gasteiger partial charge in [-0.25, -0.2) is 9.36 Å². The Morgan fingerprint density at radius 2 is 1.82 bits per heavy atom. The fourth-order valence-electron chi connectivity index (χ4n) is 3.26. The molecule has 0 aliphatic rings. The van der Waals surface area contributed by atoms with E-state index in [0.717, 1.165) is 23.9 Å². The topological polar surface area (TPSA) is 102 Å². The molecular formula is C23H22F3N3O5. The Kier molecular flexibility index (Phi) is 7.57. The summed E-state index contributed by atoms with van der Waals surface area (Å²) >= 11 is 0. The van der Waals surface area contributed by atoms with Crippen molar-refractivity contribution in [2.24, 2.45) is 0 Å². The van der Waals surface area contributed by atoms with Gasteiger partial charge in [0.1, 0.15) is 11.3 Å². The number of rotatable bonds is 8. The number of benzene rings is 2. The second-order valence-electron chi connectivity index (χ2n) is 7.32. The molecule has 0 spiro atoms. The molecule has 2 N–H and O–H groups in total. The minimum Gasteiger partial charge on any atom is -0.497 e. The fraction of sp³-hybridized carbons (Fsp3) is 0.261. The van der Waals surface area contributed by atoms with Crippen molar-refractivity contribution in [2.75, 3.05) is 20.8 Å². The standard InChI is InChI=1S/C23H22F3N3O5/c1-33-17-8-6-14(7-9-17)10-18(34-2)12-27-20(30)19-13-28-22(32)29(21(19)31)16-5-3-4-15(11-16)23(24,25)26/h3-9,11,13,18H,10,12H2,1-2H3,(H,27,30)(H,28,32). The van der Waals surface area contributed by atoms with Crippen molar-refractivity contribution in [1.82, 2.24) is 14.9 Å². The molecule has 1 amide bonds. The maximum absolute atomic E-state index is 13.0. The third kappa shape index (κ3) is 5.73. The highest BCUT2D eigenvalue weighted by atomic mass is 19.4. The summed E-state index contributed by atoms with van der Waals surface area (Å²) in [7, 11) is 3.03. The summed E-state index contributed by atoms with van der Waals surface area (Å²) in [6.45, 7) is 0.0451. The number of aromatic nitrogens is 2. The Morgan fingerprint density at radius 3 is 2.44 bits per heavy atom. The summed E-state index contributed by atoms with van der Waals surface area (Å²) in [5.74, 6) is -0.111. The lowest BCUT2D eigenvalue weighted by Gasteiger charge is -2.16. The Hall–Kier alpha value is -3.86. The molecule has 1 unspecified atom stereocenters. The zero-order valence-corrected chi connectivity index (χ0v) is 18.3. The zero-order chi connectivity index (χ0) is 24.9. The minimum absolute atomic E-state index is 0.0451. The third-order valence-corrected chi connectivity index (χ3v) is 5.10. The number of halogens is 3. The fourth-order valence-corrected chi connectivity index (χ4v) is 3.26. The highest BCUT2D eigenvalue weighted by Gasteiger charge is 2.31. The summed E-state index contributed by atoms with van der Waals surface area (Å²) in [6, 6.07) is 11.0. The van der Waals surface area contributed by atoms with Gasteiger partial charge in [-0.05, 0) is 35.9 Å². The van der Waals surface area contributed by atoms with Crippen LogP contribution in [0.1, 0.15) is 21.5 Å². The molecule has 0 radical (unpaired) electrons. The zero-order valence-electron chi connectivity index (χ0n) is 18.3. The van der Waals surface area contributed by atoms with Crippen LogP contribution < -0.4 is 21.3 Å².